The first kappa shape index (κ1) is 18.8. The van der Waals surface area contributed by atoms with Gasteiger partial charge in [0, 0.05) is 48.8 Å². The maximum Gasteiger partial charge on any atom is 0.253 e. The molecule has 5 nitrogen and oxygen atoms in total. The average molecular weight is 369 g/mol. The molecule has 2 fully saturated rings. The molecular formula is C17H22Cl2N4O. The standard InChI is InChI=1S/C17H20N4O.2ClH/c22-17(20-9-7-14-3-4-15(11-20)19-14)13-1-5-16(6-2-13)21-10-8-18-12-21;;/h1-2,5-6,8,10,12,14-15,19H,3-4,7,9,11H2;2*1H. The van der Waals surface area contributed by atoms with E-state index in [0.29, 0.717) is 12.1 Å². The highest BCUT2D eigenvalue weighted by Crippen LogP contribution is 2.22. The highest BCUT2D eigenvalue weighted by molar-refractivity contribution is 5.94. The molecule has 7 heteroatoms. The van der Waals surface area contributed by atoms with Crippen LogP contribution < -0.4 is 5.32 Å². The van der Waals surface area contributed by atoms with Crippen molar-refractivity contribution in [2.45, 2.75) is 31.3 Å². The zero-order chi connectivity index (χ0) is 14.9. The van der Waals surface area contributed by atoms with Gasteiger partial charge in [0.05, 0.1) is 6.33 Å². The normalized spacial score (nSPS) is 22.2. The molecule has 0 radical (unpaired) electrons. The number of hydrogen-bond acceptors (Lipinski definition) is 3. The van der Waals surface area contributed by atoms with E-state index in [1.165, 1.54) is 12.8 Å². The molecule has 2 aliphatic heterocycles. The van der Waals surface area contributed by atoms with Crippen molar-refractivity contribution in [3.8, 4) is 5.69 Å². The minimum atomic E-state index is 0. The number of benzene rings is 1. The van der Waals surface area contributed by atoms with Crippen LogP contribution in [0.25, 0.3) is 5.69 Å². The second-order valence-electron chi connectivity index (χ2n) is 6.19. The first-order valence-corrected chi connectivity index (χ1v) is 7.93. The Kier molecular flexibility index (Phi) is 6.27. The van der Waals surface area contributed by atoms with Crippen LogP contribution in [0.2, 0.25) is 0 Å². The van der Waals surface area contributed by atoms with Gasteiger partial charge in [-0.2, -0.15) is 0 Å². The zero-order valence-electron chi connectivity index (χ0n) is 13.3. The molecule has 0 spiro atoms. The molecule has 2 aromatic rings. The van der Waals surface area contributed by atoms with Crippen LogP contribution in [0.3, 0.4) is 0 Å². The molecule has 2 saturated heterocycles. The first-order valence-electron chi connectivity index (χ1n) is 7.93. The third kappa shape index (κ3) is 3.74. The van der Waals surface area contributed by atoms with E-state index in [-0.39, 0.29) is 30.7 Å². The molecule has 0 saturated carbocycles. The van der Waals surface area contributed by atoms with E-state index in [4.69, 9.17) is 0 Å². The van der Waals surface area contributed by atoms with Crippen molar-refractivity contribution in [1.82, 2.24) is 19.8 Å². The van der Waals surface area contributed by atoms with Crippen molar-refractivity contribution in [1.29, 1.82) is 0 Å². The summed E-state index contributed by atoms with van der Waals surface area (Å²) in [5.74, 6) is 0.145. The summed E-state index contributed by atoms with van der Waals surface area (Å²) < 4.78 is 1.93. The van der Waals surface area contributed by atoms with E-state index >= 15 is 0 Å². The Labute approximate surface area is 154 Å². The molecule has 1 aromatic carbocycles. The van der Waals surface area contributed by atoms with Gasteiger partial charge >= 0.3 is 0 Å². The smallest absolute Gasteiger partial charge is 0.253 e. The van der Waals surface area contributed by atoms with Crippen molar-refractivity contribution in [2.75, 3.05) is 13.1 Å². The summed E-state index contributed by atoms with van der Waals surface area (Å²) in [5.41, 5.74) is 1.78. The lowest BCUT2D eigenvalue weighted by Gasteiger charge is -2.24. The van der Waals surface area contributed by atoms with Gasteiger partial charge in [0.25, 0.3) is 5.91 Å². The van der Waals surface area contributed by atoms with Crippen LogP contribution in [-0.2, 0) is 0 Å². The predicted octanol–water partition coefficient (Wildman–Crippen LogP) is 2.68. The van der Waals surface area contributed by atoms with Gasteiger partial charge < -0.3 is 14.8 Å². The van der Waals surface area contributed by atoms with Crippen LogP contribution in [0, 0.1) is 0 Å². The molecule has 2 bridgehead atoms. The highest BCUT2D eigenvalue weighted by Gasteiger charge is 2.31. The quantitative estimate of drug-likeness (QED) is 0.886. The number of halogens is 2. The fraction of sp³-hybridized carbons (Fsp3) is 0.412. The Balaban J connectivity index is 0.00000104. The monoisotopic (exact) mass is 368 g/mol. The van der Waals surface area contributed by atoms with E-state index in [9.17, 15) is 4.79 Å². The fourth-order valence-electron chi connectivity index (χ4n) is 3.50. The van der Waals surface area contributed by atoms with Crippen molar-refractivity contribution >= 4 is 30.7 Å². The number of amides is 1. The SMILES string of the molecule is Cl.Cl.O=C(c1ccc(-n2ccnc2)cc1)N1CCC2CCC(C1)N2. The van der Waals surface area contributed by atoms with Crippen LogP contribution >= 0.6 is 24.8 Å². The molecule has 1 aromatic heterocycles. The summed E-state index contributed by atoms with van der Waals surface area (Å²) in [7, 11) is 0. The van der Waals surface area contributed by atoms with Crippen LogP contribution in [-0.4, -0.2) is 45.5 Å². The third-order valence-corrected chi connectivity index (χ3v) is 4.73. The Morgan fingerprint density at radius 3 is 2.54 bits per heavy atom. The Hall–Kier alpha value is -1.56. The largest absolute Gasteiger partial charge is 0.337 e. The number of nitrogens with zero attached hydrogens (tertiary/aromatic N) is 3. The number of nitrogens with one attached hydrogen (secondary N) is 1. The summed E-state index contributed by atoms with van der Waals surface area (Å²) in [4.78, 5) is 18.8. The van der Waals surface area contributed by atoms with E-state index in [1.54, 1.807) is 12.5 Å². The highest BCUT2D eigenvalue weighted by atomic mass is 35.5. The molecular weight excluding hydrogens is 347 g/mol. The summed E-state index contributed by atoms with van der Waals surface area (Å²) >= 11 is 0. The Morgan fingerprint density at radius 2 is 1.83 bits per heavy atom. The zero-order valence-corrected chi connectivity index (χ0v) is 14.9. The molecule has 1 amide bonds. The van der Waals surface area contributed by atoms with E-state index in [2.05, 4.69) is 10.3 Å². The van der Waals surface area contributed by atoms with Gasteiger partial charge in [-0.1, -0.05) is 0 Å². The van der Waals surface area contributed by atoms with Crippen molar-refractivity contribution in [3.05, 3.63) is 48.5 Å². The molecule has 3 heterocycles. The van der Waals surface area contributed by atoms with Gasteiger partial charge in [0.2, 0.25) is 0 Å². The molecule has 130 valence electrons. The molecule has 2 aliphatic rings. The minimum absolute atomic E-state index is 0. The van der Waals surface area contributed by atoms with Gasteiger partial charge in [0.1, 0.15) is 0 Å². The number of likely N-dealkylation sites (tertiary alicyclic amines) is 1. The maximum atomic E-state index is 12.7. The molecule has 0 aliphatic carbocycles. The molecule has 4 rings (SSSR count). The van der Waals surface area contributed by atoms with E-state index < -0.39 is 0 Å². The van der Waals surface area contributed by atoms with Crippen LogP contribution in [0.15, 0.2) is 43.0 Å². The number of rotatable bonds is 2. The van der Waals surface area contributed by atoms with Gasteiger partial charge in [-0.05, 0) is 43.5 Å². The predicted molar refractivity (Wildman–Crippen MR) is 98.5 cm³/mol. The summed E-state index contributed by atoms with van der Waals surface area (Å²) in [6.45, 7) is 1.69. The number of hydrogen-bond donors (Lipinski definition) is 1. The number of aromatic nitrogens is 2. The second kappa shape index (κ2) is 8.01. The van der Waals surface area contributed by atoms with Crippen molar-refractivity contribution < 1.29 is 4.79 Å². The van der Waals surface area contributed by atoms with Gasteiger partial charge in [-0.25, -0.2) is 4.98 Å². The maximum absolute atomic E-state index is 12.7. The fourth-order valence-corrected chi connectivity index (χ4v) is 3.50. The molecule has 1 N–H and O–H groups in total. The van der Waals surface area contributed by atoms with Crippen LogP contribution in [0.5, 0.6) is 0 Å². The first-order chi connectivity index (χ1) is 10.8. The van der Waals surface area contributed by atoms with Gasteiger partial charge in [-0.3, -0.25) is 4.79 Å². The topological polar surface area (TPSA) is 50.2 Å². The second-order valence-corrected chi connectivity index (χ2v) is 6.19. The lowest BCUT2D eigenvalue weighted by Crippen LogP contribution is -2.39. The van der Waals surface area contributed by atoms with E-state index in [0.717, 1.165) is 30.8 Å². The van der Waals surface area contributed by atoms with Crippen molar-refractivity contribution in [3.63, 3.8) is 0 Å². The summed E-state index contributed by atoms with van der Waals surface area (Å²) in [5, 5.41) is 3.61. The third-order valence-electron chi connectivity index (χ3n) is 4.73. The molecule has 2 unspecified atom stereocenters. The van der Waals surface area contributed by atoms with Crippen LogP contribution in [0.1, 0.15) is 29.6 Å². The number of fused-ring (bicyclic) bond motifs is 2. The van der Waals surface area contributed by atoms with Gasteiger partial charge in [0.15, 0.2) is 0 Å². The van der Waals surface area contributed by atoms with E-state index in [1.807, 2.05) is 39.9 Å². The lowest BCUT2D eigenvalue weighted by atomic mass is 10.1. The molecule has 24 heavy (non-hydrogen) atoms. The summed E-state index contributed by atoms with van der Waals surface area (Å²) in [6, 6.07) is 8.84. The van der Waals surface area contributed by atoms with Gasteiger partial charge in [-0.15, -0.1) is 24.8 Å². The Bertz CT molecular complexity index is 660. The lowest BCUT2D eigenvalue weighted by molar-refractivity contribution is 0.0748. The molecule has 2 atom stereocenters. The minimum Gasteiger partial charge on any atom is -0.337 e. The number of carbonyl (C=O) groups is 1. The van der Waals surface area contributed by atoms with Crippen LogP contribution in [0.4, 0.5) is 0 Å². The summed E-state index contributed by atoms with van der Waals surface area (Å²) in [6.07, 6.45) is 8.91. The Morgan fingerprint density at radius 1 is 1.08 bits per heavy atom. The number of carbonyl (C=O) groups excluding carboxylic acids is 1. The van der Waals surface area contributed by atoms with Crippen molar-refractivity contribution in [2.24, 2.45) is 0 Å². The average Bonchev–Trinajstić information content (AvgIpc) is 3.17. The number of imidazole rings is 1.